The fourth-order valence-corrected chi connectivity index (χ4v) is 1.80. The van der Waals surface area contributed by atoms with Gasteiger partial charge >= 0.3 is 0 Å². The van der Waals surface area contributed by atoms with Gasteiger partial charge in [0.25, 0.3) is 0 Å². The summed E-state index contributed by atoms with van der Waals surface area (Å²) in [6.07, 6.45) is 0. The fraction of sp³-hybridized carbons (Fsp3) is 0.300. The standard InChI is InChI=1S/C10H11IO/c1-6-4-7(2)8(3)9(5-6)10(11)12/h4-5H,1-3H3. The summed E-state index contributed by atoms with van der Waals surface area (Å²) in [4.78, 5) is 11.2. The summed E-state index contributed by atoms with van der Waals surface area (Å²) < 4.78 is 0.122. The highest BCUT2D eigenvalue weighted by Crippen LogP contribution is 2.18. The summed E-state index contributed by atoms with van der Waals surface area (Å²) in [6.45, 7) is 6.03. The van der Waals surface area contributed by atoms with Crippen molar-refractivity contribution in [1.29, 1.82) is 0 Å². The average Bonchev–Trinajstić information content (AvgIpc) is 1.96. The predicted octanol–water partition coefficient (Wildman–Crippen LogP) is 3.19. The van der Waals surface area contributed by atoms with Crippen LogP contribution in [0.2, 0.25) is 0 Å². The molecule has 0 amide bonds. The van der Waals surface area contributed by atoms with Crippen molar-refractivity contribution >= 4 is 26.4 Å². The van der Waals surface area contributed by atoms with E-state index < -0.39 is 0 Å². The van der Waals surface area contributed by atoms with Crippen molar-refractivity contribution in [2.75, 3.05) is 0 Å². The fourth-order valence-electron chi connectivity index (χ4n) is 1.24. The molecule has 0 heterocycles. The van der Waals surface area contributed by atoms with Gasteiger partial charge < -0.3 is 0 Å². The lowest BCUT2D eigenvalue weighted by molar-refractivity contribution is 0.110. The van der Waals surface area contributed by atoms with Crippen molar-refractivity contribution < 1.29 is 4.79 Å². The molecule has 0 N–H and O–H groups in total. The summed E-state index contributed by atoms with van der Waals surface area (Å²) in [6, 6.07) is 4.04. The zero-order valence-electron chi connectivity index (χ0n) is 7.44. The van der Waals surface area contributed by atoms with Crippen LogP contribution < -0.4 is 0 Å². The molecular formula is C10H11IO. The highest BCUT2D eigenvalue weighted by atomic mass is 127. The number of hydrogen-bond acceptors (Lipinski definition) is 1. The normalized spacial score (nSPS) is 10.0. The van der Waals surface area contributed by atoms with E-state index in [9.17, 15) is 4.79 Å². The smallest absolute Gasteiger partial charge is 0.222 e. The first kappa shape index (κ1) is 9.71. The van der Waals surface area contributed by atoms with Gasteiger partial charge in [0.15, 0.2) is 0 Å². The Bertz CT molecular complexity index is 329. The first-order valence-electron chi connectivity index (χ1n) is 3.80. The summed E-state index contributed by atoms with van der Waals surface area (Å²) in [7, 11) is 0. The summed E-state index contributed by atoms with van der Waals surface area (Å²) >= 11 is 1.83. The van der Waals surface area contributed by atoms with Gasteiger partial charge in [0.05, 0.1) is 0 Å². The van der Waals surface area contributed by atoms with E-state index in [1.165, 1.54) is 5.56 Å². The third kappa shape index (κ3) is 1.86. The third-order valence-corrected chi connectivity index (χ3v) is 2.60. The minimum atomic E-state index is 0.122. The Balaban J connectivity index is 3.37. The monoisotopic (exact) mass is 274 g/mol. The first-order valence-corrected chi connectivity index (χ1v) is 4.88. The number of carbonyl (C=O) groups excluding carboxylic acids is 1. The Morgan fingerprint density at radius 1 is 1.25 bits per heavy atom. The van der Waals surface area contributed by atoms with Crippen molar-refractivity contribution in [1.82, 2.24) is 0 Å². The molecule has 1 nitrogen and oxygen atoms in total. The zero-order valence-corrected chi connectivity index (χ0v) is 9.60. The van der Waals surface area contributed by atoms with Gasteiger partial charge in [-0.25, -0.2) is 0 Å². The van der Waals surface area contributed by atoms with Crippen molar-refractivity contribution in [3.63, 3.8) is 0 Å². The van der Waals surface area contributed by atoms with Crippen LogP contribution in [0.15, 0.2) is 12.1 Å². The van der Waals surface area contributed by atoms with Crippen molar-refractivity contribution in [2.24, 2.45) is 0 Å². The van der Waals surface area contributed by atoms with E-state index in [0.29, 0.717) is 0 Å². The van der Waals surface area contributed by atoms with Gasteiger partial charge in [0.2, 0.25) is 3.79 Å². The van der Waals surface area contributed by atoms with Crippen LogP contribution >= 0.6 is 22.6 Å². The highest BCUT2D eigenvalue weighted by molar-refractivity contribution is 14.1. The predicted molar refractivity (Wildman–Crippen MR) is 59.0 cm³/mol. The molecule has 0 aliphatic heterocycles. The number of halogens is 1. The minimum absolute atomic E-state index is 0.122. The quantitative estimate of drug-likeness (QED) is 0.567. The van der Waals surface area contributed by atoms with Gasteiger partial charge in [-0.05, 0) is 38.0 Å². The molecule has 0 aliphatic carbocycles. The van der Waals surface area contributed by atoms with E-state index in [1.54, 1.807) is 0 Å². The van der Waals surface area contributed by atoms with E-state index >= 15 is 0 Å². The molecule has 1 rings (SSSR count). The number of aryl methyl sites for hydroxylation is 2. The second kappa shape index (κ2) is 3.56. The van der Waals surface area contributed by atoms with Crippen LogP contribution in [-0.4, -0.2) is 3.79 Å². The van der Waals surface area contributed by atoms with Crippen molar-refractivity contribution in [2.45, 2.75) is 20.8 Å². The molecule has 0 spiro atoms. The Labute approximate surface area is 86.3 Å². The molecule has 0 bridgehead atoms. The molecule has 0 atom stereocenters. The van der Waals surface area contributed by atoms with E-state index in [-0.39, 0.29) is 3.79 Å². The summed E-state index contributed by atoms with van der Waals surface area (Å²) in [5, 5.41) is 0. The topological polar surface area (TPSA) is 17.1 Å². The molecule has 0 aromatic heterocycles. The molecule has 1 aromatic rings. The molecule has 0 radical (unpaired) electrons. The molecule has 0 saturated heterocycles. The van der Waals surface area contributed by atoms with E-state index in [4.69, 9.17) is 0 Å². The second-order valence-corrected chi connectivity index (χ2v) is 4.01. The van der Waals surface area contributed by atoms with Crippen LogP contribution in [-0.2, 0) is 0 Å². The van der Waals surface area contributed by atoms with Gasteiger partial charge in [-0.3, -0.25) is 4.79 Å². The Morgan fingerprint density at radius 3 is 2.33 bits per heavy atom. The SMILES string of the molecule is Cc1cc(C)c(C)c(C(=O)I)c1. The number of benzene rings is 1. The highest BCUT2D eigenvalue weighted by Gasteiger charge is 2.07. The first-order chi connectivity index (χ1) is 5.52. The molecule has 0 saturated carbocycles. The number of carbonyl (C=O) groups is 1. The maximum atomic E-state index is 11.2. The molecule has 0 fully saturated rings. The van der Waals surface area contributed by atoms with Crippen LogP contribution in [0.4, 0.5) is 0 Å². The van der Waals surface area contributed by atoms with Crippen molar-refractivity contribution in [3.05, 3.63) is 34.4 Å². The molecule has 0 aliphatic rings. The van der Waals surface area contributed by atoms with Crippen LogP contribution in [0.25, 0.3) is 0 Å². The molecule has 2 heteroatoms. The van der Waals surface area contributed by atoms with Gasteiger partial charge in [0.1, 0.15) is 0 Å². The lowest BCUT2D eigenvalue weighted by atomic mass is 10.0. The molecular weight excluding hydrogens is 263 g/mol. The Hall–Kier alpha value is -0.380. The van der Waals surface area contributed by atoms with Crippen LogP contribution in [0.1, 0.15) is 27.0 Å². The average molecular weight is 274 g/mol. The van der Waals surface area contributed by atoms with E-state index in [2.05, 4.69) is 6.07 Å². The van der Waals surface area contributed by atoms with Gasteiger partial charge in [0, 0.05) is 28.2 Å². The van der Waals surface area contributed by atoms with Crippen LogP contribution in [0.3, 0.4) is 0 Å². The molecule has 0 unspecified atom stereocenters. The van der Waals surface area contributed by atoms with Gasteiger partial charge in [-0.2, -0.15) is 0 Å². The van der Waals surface area contributed by atoms with Crippen LogP contribution in [0, 0.1) is 20.8 Å². The summed E-state index contributed by atoms with van der Waals surface area (Å²) in [5.74, 6) is 0. The minimum Gasteiger partial charge on any atom is -0.282 e. The zero-order chi connectivity index (χ0) is 9.30. The lowest BCUT2D eigenvalue weighted by Gasteiger charge is -2.06. The molecule has 1 aromatic carbocycles. The largest absolute Gasteiger partial charge is 0.282 e. The maximum Gasteiger partial charge on any atom is 0.222 e. The van der Waals surface area contributed by atoms with E-state index in [0.717, 1.165) is 16.7 Å². The molecule has 12 heavy (non-hydrogen) atoms. The van der Waals surface area contributed by atoms with Gasteiger partial charge in [-0.15, -0.1) is 0 Å². The number of hydrogen-bond donors (Lipinski definition) is 0. The van der Waals surface area contributed by atoms with Crippen molar-refractivity contribution in [3.8, 4) is 0 Å². The maximum absolute atomic E-state index is 11.2. The lowest BCUT2D eigenvalue weighted by Crippen LogP contribution is -1.96. The third-order valence-electron chi connectivity index (χ3n) is 2.02. The Morgan fingerprint density at radius 2 is 1.83 bits per heavy atom. The summed E-state index contributed by atoms with van der Waals surface area (Å²) in [5.41, 5.74) is 4.28. The van der Waals surface area contributed by atoms with E-state index in [1.807, 2.05) is 49.4 Å². The Kier molecular flexibility index (Phi) is 2.88. The van der Waals surface area contributed by atoms with Crippen LogP contribution in [0.5, 0.6) is 0 Å². The molecule has 64 valence electrons. The second-order valence-electron chi connectivity index (χ2n) is 3.03. The number of rotatable bonds is 1. The van der Waals surface area contributed by atoms with Gasteiger partial charge in [-0.1, -0.05) is 11.6 Å².